The standard InChI is InChI=1S/C25H37NO3/c1-5-25-12-11-23(3)17(10-13-26)6-8-19(23)20(25)9-7-18-14-21(28)22(29-16(2)27)15-24(18,25)4/h10,18-22,28H,5-9,11-12,14-15H2,1-4H3. The lowest BCUT2D eigenvalue weighted by Gasteiger charge is -2.68. The van der Waals surface area contributed by atoms with E-state index < -0.39 is 6.10 Å². The molecule has 0 heterocycles. The molecule has 4 nitrogen and oxygen atoms in total. The number of ether oxygens (including phenoxy) is 1. The van der Waals surface area contributed by atoms with E-state index >= 15 is 0 Å². The summed E-state index contributed by atoms with van der Waals surface area (Å²) in [6, 6.07) is 2.31. The number of aliphatic hydroxyl groups excluding tert-OH is 1. The van der Waals surface area contributed by atoms with Crippen LogP contribution < -0.4 is 0 Å². The van der Waals surface area contributed by atoms with E-state index in [1.165, 1.54) is 31.8 Å². The van der Waals surface area contributed by atoms with Crippen LogP contribution in [0.2, 0.25) is 0 Å². The molecule has 29 heavy (non-hydrogen) atoms. The highest BCUT2D eigenvalue weighted by Crippen LogP contribution is 2.73. The Hall–Kier alpha value is -1.34. The minimum Gasteiger partial charge on any atom is -0.460 e. The zero-order valence-electron chi connectivity index (χ0n) is 18.5. The molecule has 4 aliphatic carbocycles. The van der Waals surface area contributed by atoms with Crippen LogP contribution in [0.15, 0.2) is 11.6 Å². The van der Waals surface area contributed by atoms with Crippen LogP contribution in [0.4, 0.5) is 0 Å². The van der Waals surface area contributed by atoms with Crippen LogP contribution in [-0.2, 0) is 9.53 Å². The third kappa shape index (κ3) is 2.83. The number of nitriles is 1. The Morgan fingerprint density at radius 2 is 2.03 bits per heavy atom. The first-order chi connectivity index (χ1) is 13.7. The molecule has 8 atom stereocenters. The van der Waals surface area contributed by atoms with Gasteiger partial charge in [0, 0.05) is 13.0 Å². The minimum absolute atomic E-state index is 0.0903. The normalized spacial score (nSPS) is 50.2. The summed E-state index contributed by atoms with van der Waals surface area (Å²) in [7, 11) is 0. The number of nitrogens with zero attached hydrogens (tertiary/aromatic N) is 1. The number of esters is 1. The van der Waals surface area contributed by atoms with E-state index in [1.807, 2.05) is 6.08 Å². The molecule has 4 aliphatic rings. The molecule has 0 aliphatic heterocycles. The van der Waals surface area contributed by atoms with Gasteiger partial charge >= 0.3 is 5.97 Å². The molecule has 4 rings (SSSR count). The quantitative estimate of drug-likeness (QED) is 0.514. The van der Waals surface area contributed by atoms with Crippen LogP contribution in [0.5, 0.6) is 0 Å². The van der Waals surface area contributed by atoms with Crippen LogP contribution in [0.25, 0.3) is 0 Å². The van der Waals surface area contributed by atoms with Crippen molar-refractivity contribution in [2.45, 2.75) is 97.7 Å². The van der Waals surface area contributed by atoms with Gasteiger partial charge in [-0.25, -0.2) is 0 Å². The number of fused-ring (bicyclic) bond motifs is 5. The topological polar surface area (TPSA) is 70.3 Å². The molecule has 0 aromatic heterocycles. The van der Waals surface area contributed by atoms with Gasteiger partial charge in [0.1, 0.15) is 6.10 Å². The first kappa shape index (κ1) is 20.9. The van der Waals surface area contributed by atoms with Crippen molar-refractivity contribution < 1.29 is 14.6 Å². The molecule has 0 spiro atoms. The Balaban J connectivity index is 1.71. The fraction of sp³-hybridized carbons (Fsp3) is 0.840. The van der Waals surface area contributed by atoms with E-state index in [2.05, 4.69) is 26.8 Å². The molecule has 4 fully saturated rings. The number of rotatable bonds is 2. The molecule has 160 valence electrons. The summed E-state index contributed by atoms with van der Waals surface area (Å²) in [5.74, 6) is 1.52. The molecule has 4 saturated carbocycles. The predicted molar refractivity (Wildman–Crippen MR) is 112 cm³/mol. The summed E-state index contributed by atoms with van der Waals surface area (Å²) in [4.78, 5) is 11.7. The van der Waals surface area contributed by atoms with Gasteiger partial charge in [-0.1, -0.05) is 26.3 Å². The summed E-state index contributed by atoms with van der Waals surface area (Å²) in [6.07, 6.45) is 10.6. The summed E-state index contributed by atoms with van der Waals surface area (Å²) in [5.41, 5.74) is 1.87. The number of hydrogen-bond donors (Lipinski definition) is 1. The van der Waals surface area contributed by atoms with Gasteiger partial charge in [-0.3, -0.25) is 4.79 Å². The van der Waals surface area contributed by atoms with Gasteiger partial charge < -0.3 is 9.84 Å². The molecule has 1 N–H and O–H groups in total. The maximum Gasteiger partial charge on any atom is 0.302 e. The van der Waals surface area contributed by atoms with E-state index in [1.54, 1.807) is 0 Å². The molecule has 0 aromatic rings. The van der Waals surface area contributed by atoms with Crippen molar-refractivity contribution in [1.82, 2.24) is 0 Å². The second-order valence-electron chi connectivity index (χ2n) is 10.8. The first-order valence-electron chi connectivity index (χ1n) is 11.7. The average molecular weight is 400 g/mol. The van der Waals surface area contributed by atoms with Crippen molar-refractivity contribution in [3.8, 4) is 6.07 Å². The molecule has 0 radical (unpaired) electrons. The van der Waals surface area contributed by atoms with E-state index in [0.717, 1.165) is 38.5 Å². The molecule has 8 unspecified atom stereocenters. The highest BCUT2D eigenvalue weighted by Gasteiger charge is 2.66. The van der Waals surface area contributed by atoms with Crippen LogP contribution in [0.1, 0.15) is 85.5 Å². The third-order valence-electron chi connectivity index (χ3n) is 10.2. The maximum absolute atomic E-state index is 11.7. The van der Waals surface area contributed by atoms with E-state index in [4.69, 9.17) is 4.74 Å². The first-order valence-corrected chi connectivity index (χ1v) is 11.7. The van der Waals surface area contributed by atoms with Gasteiger partial charge in [-0.15, -0.1) is 0 Å². The zero-order valence-corrected chi connectivity index (χ0v) is 18.5. The van der Waals surface area contributed by atoms with Gasteiger partial charge in [0.05, 0.1) is 12.2 Å². The lowest BCUT2D eigenvalue weighted by molar-refractivity contribution is -0.216. The van der Waals surface area contributed by atoms with Crippen LogP contribution in [0, 0.1) is 45.3 Å². The second-order valence-corrected chi connectivity index (χ2v) is 10.8. The number of carbonyl (C=O) groups is 1. The number of allylic oxidation sites excluding steroid dienone is 2. The molecular formula is C25H37NO3. The van der Waals surface area contributed by atoms with Crippen molar-refractivity contribution in [2.75, 3.05) is 0 Å². The fourth-order valence-corrected chi connectivity index (χ4v) is 8.73. The second kappa shape index (κ2) is 7.12. The van der Waals surface area contributed by atoms with Crippen molar-refractivity contribution in [1.29, 1.82) is 5.26 Å². The lowest BCUT2D eigenvalue weighted by atomic mass is 9.37. The number of hydrogen-bond acceptors (Lipinski definition) is 4. The van der Waals surface area contributed by atoms with Crippen molar-refractivity contribution in [2.24, 2.45) is 34.0 Å². The SMILES string of the molecule is CCC12CCC3(C)C(=CC#N)CCC3C1CCC1CC(O)C(OC(C)=O)CC12C. The highest BCUT2D eigenvalue weighted by molar-refractivity contribution is 5.66. The van der Waals surface area contributed by atoms with Gasteiger partial charge in [0.15, 0.2) is 0 Å². The Bertz CT molecular complexity index is 754. The molecule has 0 aromatic carbocycles. The largest absolute Gasteiger partial charge is 0.460 e. The summed E-state index contributed by atoms with van der Waals surface area (Å²) < 4.78 is 5.61. The minimum atomic E-state index is -0.534. The maximum atomic E-state index is 11.7. The summed E-state index contributed by atoms with van der Waals surface area (Å²) >= 11 is 0. The summed E-state index contributed by atoms with van der Waals surface area (Å²) in [5, 5.41) is 20.0. The van der Waals surface area contributed by atoms with Gasteiger partial charge in [-0.2, -0.15) is 5.26 Å². The molecular weight excluding hydrogens is 362 g/mol. The Morgan fingerprint density at radius 1 is 1.28 bits per heavy atom. The van der Waals surface area contributed by atoms with Crippen LogP contribution in [-0.4, -0.2) is 23.3 Å². The Labute approximate surface area is 175 Å². The van der Waals surface area contributed by atoms with E-state index in [0.29, 0.717) is 17.8 Å². The van der Waals surface area contributed by atoms with Gasteiger partial charge in [-0.05, 0) is 91.8 Å². The van der Waals surface area contributed by atoms with Crippen molar-refractivity contribution in [3.05, 3.63) is 11.6 Å². The van der Waals surface area contributed by atoms with E-state index in [-0.39, 0.29) is 28.3 Å². The highest BCUT2D eigenvalue weighted by atomic mass is 16.6. The molecule has 0 bridgehead atoms. The van der Waals surface area contributed by atoms with E-state index in [9.17, 15) is 15.2 Å². The lowest BCUT2D eigenvalue weighted by Crippen LogP contribution is -2.62. The average Bonchev–Trinajstić information content (AvgIpc) is 2.99. The Kier molecular flexibility index (Phi) is 5.13. The van der Waals surface area contributed by atoms with Crippen molar-refractivity contribution in [3.63, 3.8) is 0 Å². The number of carbonyl (C=O) groups excluding carboxylic acids is 1. The van der Waals surface area contributed by atoms with Gasteiger partial charge in [0.25, 0.3) is 0 Å². The molecule has 0 saturated heterocycles. The predicted octanol–water partition coefficient (Wildman–Crippen LogP) is 5.16. The fourth-order valence-electron chi connectivity index (χ4n) is 8.73. The smallest absolute Gasteiger partial charge is 0.302 e. The van der Waals surface area contributed by atoms with Crippen LogP contribution >= 0.6 is 0 Å². The number of aliphatic hydroxyl groups is 1. The van der Waals surface area contributed by atoms with Crippen LogP contribution in [0.3, 0.4) is 0 Å². The van der Waals surface area contributed by atoms with Crippen molar-refractivity contribution >= 4 is 5.97 Å². The zero-order chi connectivity index (χ0) is 21.0. The third-order valence-corrected chi connectivity index (χ3v) is 10.2. The molecule has 0 amide bonds. The van der Waals surface area contributed by atoms with Gasteiger partial charge in [0.2, 0.25) is 0 Å². The molecule has 4 heteroatoms. The monoisotopic (exact) mass is 399 g/mol. The Morgan fingerprint density at radius 3 is 2.69 bits per heavy atom. The summed E-state index contributed by atoms with van der Waals surface area (Å²) in [6.45, 7) is 8.66.